The molecule has 0 radical (unpaired) electrons. The first-order valence-electron chi connectivity index (χ1n) is 16.0. The summed E-state index contributed by atoms with van der Waals surface area (Å²) in [5.74, 6) is -0.757. The highest BCUT2D eigenvalue weighted by atomic mass is 32.2. The lowest BCUT2D eigenvalue weighted by molar-refractivity contribution is 0.103. The van der Waals surface area contributed by atoms with Crippen LogP contribution in [0.3, 0.4) is 0 Å². The first-order chi connectivity index (χ1) is 22.1. The van der Waals surface area contributed by atoms with Gasteiger partial charge in [0.15, 0.2) is 4.90 Å². The van der Waals surface area contributed by atoms with E-state index in [0.717, 1.165) is 48.0 Å². The number of nitrogens with zero attached hydrogens (tertiary/aromatic N) is 5. The molecule has 0 bridgehead atoms. The van der Waals surface area contributed by atoms with Gasteiger partial charge in [-0.25, -0.2) is 31.5 Å². The molecule has 1 aromatic heterocycles. The highest BCUT2D eigenvalue weighted by Crippen LogP contribution is 2.38. The second-order valence-corrected chi connectivity index (χ2v) is 14.5. The fourth-order valence-electron chi connectivity index (χ4n) is 7.02. The van der Waals surface area contributed by atoms with Crippen LogP contribution in [0, 0.1) is 17.6 Å². The van der Waals surface area contributed by atoms with Crippen molar-refractivity contribution in [3.8, 4) is 11.5 Å². The maximum absolute atomic E-state index is 16.0. The standard InChI is InChI=1S/C34H45F2N5O4S/c1-39(2)34(16-13-25-9-6-5-7-10-25)15-8-18-40(23-34)27-19-29(35)33(30(36)20-27)46(42,43)41(32-14-17-37-24-38-32)22-26-11-12-28(44-3)21-31(26)45-4/h11-12,14,17,19-21,24-25H,5-10,13,15-16,18,22-23H2,1-4H3. The Labute approximate surface area is 271 Å². The monoisotopic (exact) mass is 657 g/mol. The smallest absolute Gasteiger partial charge is 0.271 e. The fraction of sp³-hybridized carbons (Fsp3) is 0.529. The normalized spacial score (nSPS) is 19.3. The zero-order chi connectivity index (χ0) is 32.9. The van der Waals surface area contributed by atoms with Gasteiger partial charge < -0.3 is 19.3 Å². The maximum atomic E-state index is 16.0. The van der Waals surface area contributed by atoms with E-state index in [9.17, 15) is 8.42 Å². The van der Waals surface area contributed by atoms with Crippen LogP contribution in [-0.4, -0.2) is 70.2 Å². The van der Waals surface area contributed by atoms with E-state index in [4.69, 9.17) is 9.47 Å². The number of sulfonamides is 1. The minimum Gasteiger partial charge on any atom is -0.497 e. The molecule has 1 unspecified atom stereocenters. The molecule has 5 rings (SSSR count). The number of benzene rings is 2. The van der Waals surface area contributed by atoms with Crippen molar-refractivity contribution >= 4 is 21.5 Å². The summed E-state index contributed by atoms with van der Waals surface area (Å²) in [5, 5.41) is 0. The molecule has 0 spiro atoms. The van der Waals surface area contributed by atoms with Gasteiger partial charge in [0, 0.05) is 48.2 Å². The Morgan fingerprint density at radius 1 is 1.00 bits per heavy atom. The Bertz CT molecular complexity index is 1560. The summed E-state index contributed by atoms with van der Waals surface area (Å²) in [6.07, 6.45) is 13.0. The quantitative estimate of drug-likeness (QED) is 0.220. The van der Waals surface area contributed by atoms with Crippen molar-refractivity contribution in [3.63, 3.8) is 0 Å². The lowest BCUT2D eigenvalue weighted by Crippen LogP contribution is -2.56. The van der Waals surface area contributed by atoms with E-state index in [1.165, 1.54) is 64.9 Å². The number of aromatic nitrogens is 2. The summed E-state index contributed by atoms with van der Waals surface area (Å²) in [5.41, 5.74) is 0.654. The molecule has 0 amide bonds. The van der Waals surface area contributed by atoms with Crippen molar-refractivity contribution in [1.82, 2.24) is 14.9 Å². The van der Waals surface area contributed by atoms with Gasteiger partial charge >= 0.3 is 0 Å². The minimum atomic E-state index is -4.78. The molecule has 2 fully saturated rings. The molecule has 250 valence electrons. The molecule has 12 heteroatoms. The number of ether oxygens (including phenoxy) is 2. The van der Waals surface area contributed by atoms with Crippen molar-refractivity contribution in [1.29, 1.82) is 0 Å². The van der Waals surface area contributed by atoms with Gasteiger partial charge in [-0.2, -0.15) is 0 Å². The molecule has 1 saturated carbocycles. The summed E-state index contributed by atoms with van der Waals surface area (Å²) in [6, 6.07) is 8.57. The Hall–Kier alpha value is -3.51. The van der Waals surface area contributed by atoms with Crippen LogP contribution in [0.5, 0.6) is 11.5 Å². The zero-order valence-electron chi connectivity index (χ0n) is 27.2. The van der Waals surface area contributed by atoms with Crippen molar-refractivity contribution < 1.29 is 26.7 Å². The van der Waals surface area contributed by atoms with Crippen LogP contribution in [0.25, 0.3) is 0 Å². The van der Waals surface area contributed by atoms with Crippen LogP contribution in [-0.2, 0) is 16.6 Å². The summed E-state index contributed by atoms with van der Waals surface area (Å²) in [6.45, 7) is 0.946. The highest BCUT2D eigenvalue weighted by Gasteiger charge is 2.39. The van der Waals surface area contributed by atoms with Crippen LogP contribution in [0.15, 0.2) is 53.8 Å². The predicted octanol–water partition coefficient (Wildman–Crippen LogP) is 6.43. The number of hydrogen-bond acceptors (Lipinski definition) is 8. The summed E-state index contributed by atoms with van der Waals surface area (Å²) in [4.78, 5) is 11.2. The number of piperidine rings is 1. The molecule has 1 saturated heterocycles. The van der Waals surface area contributed by atoms with Crippen LogP contribution in [0.4, 0.5) is 20.3 Å². The first-order valence-corrected chi connectivity index (χ1v) is 17.4. The second-order valence-electron chi connectivity index (χ2n) is 12.7. The molecule has 2 heterocycles. The molecule has 46 heavy (non-hydrogen) atoms. The molecular weight excluding hydrogens is 612 g/mol. The molecule has 1 aliphatic carbocycles. The van der Waals surface area contributed by atoms with Gasteiger partial charge in [0.1, 0.15) is 35.3 Å². The van der Waals surface area contributed by atoms with Gasteiger partial charge in [-0.1, -0.05) is 32.1 Å². The average molecular weight is 658 g/mol. The SMILES string of the molecule is COc1ccc(CN(c2ccncn2)S(=O)(=O)c2c(F)cc(N3CCCC(CCC4CCCCC4)(N(C)C)C3)cc2F)c(OC)c1. The average Bonchev–Trinajstić information content (AvgIpc) is 3.06. The second kappa shape index (κ2) is 14.5. The molecule has 1 aliphatic heterocycles. The van der Waals surface area contributed by atoms with Crippen molar-refractivity contribution in [2.24, 2.45) is 5.92 Å². The van der Waals surface area contributed by atoms with Crippen LogP contribution in [0.1, 0.15) is 63.4 Å². The molecule has 0 N–H and O–H groups in total. The summed E-state index contributed by atoms with van der Waals surface area (Å²) < 4.78 is 71.8. The molecule has 2 aliphatic rings. The summed E-state index contributed by atoms with van der Waals surface area (Å²) >= 11 is 0. The van der Waals surface area contributed by atoms with E-state index in [1.807, 2.05) is 4.90 Å². The number of methoxy groups -OCH3 is 2. The molecular formula is C34H45F2N5O4S. The van der Waals surface area contributed by atoms with Gasteiger partial charge in [-0.15, -0.1) is 0 Å². The number of rotatable bonds is 12. The minimum absolute atomic E-state index is 0.0412. The lowest BCUT2D eigenvalue weighted by atomic mass is 9.78. The summed E-state index contributed by atoms with van der Waals surface area (Å²) in [7, 11) is 2.34. The zero-order valence-corrected chi connectivity index (χ0v) is 28.0. The van der Waals surface area contributed by atoms with Crippen LogP contribution >= 0.6 is 0 Å². The van der Waals surface area contributed by atoms with Crippen LogP contribution in [0.2, 0.25) is 0 Å². The van der Waals surface area contributed by atoms with E-state index in [0.29, 0.717) is 35.8 Å². The fourth-order valence-corrected chi connectivity index (χ4v) is 8.51. The molecule has 2 aromatic carbocycles. The predicted molar refractivity (Wildman–Crippen MR) is 175 cm³/mol. The Morgan fingerprint density at radius 3 is 2.37 bits per heavy atom. The van der Waals surface area contributed by atoms with Gasteiger partial charge in [0.25, 0.3) is 10.0 Å². The van der Waals surface area contributed by atoms with Gasteiger partial charge in [0.05, 0.1) is 20.8 Å². The van der Waals surface area contributed by atoms with E-state index < -0.39 is 26.6 Å². The third kappa shape index (κ3) is 7.22. The number of anilines is 2. The van der Waals surface area contributed by atoms with Gasteiger partial charge in [-0.3, -0.25) is 0 Å². The topological polar surface area (TPSA) is 88.1 Å². The van der Waals surface area contributed by atoms with Crippen molar-refractivity contribution in [3.05, 3.63) is 66.1 Å². The first kappa shape index (κ1) is 33.8. The van der Waals surface area contributed by atoms with Crippen LogP contribution < -0.4 is 18.7 Å². The number of hydrogen-bond donors (Lipinski definition) is 0. The van der Waals surface area contributed by atoms with E-state index in [-0.39, 0.29) is 17.9 Å². The highest BCUT2D eigenvalue weighted by molar-refractivity contribution is 7.92. The number of likely N-dealkylation sites (N-methyl/N-ethyl adjacent to an activating group) is 1. The Kier molecular flexibility index (Phi) is 10.7. The van der Waals surface area contributed by atoms with Crippen molar-refractivity contribution in [2.75, 3.05) is 50.6 Å². The van der Waals surface area contributed by atoms with E-state index in [2.05, 4.69) is 29.0 Å². The van der Waals surface area contributed by atoms with Gasteiger partial charge in [-0.05, 0) is 70.0 Å². The van der Waals surface area contributed by atoms with Gasteiger partial charge in [0.2, 0.25) is 0 Å². The Morgan fingerprint density at radius 2 is 1.74 bits per heavy atom. The van der Waals surface area contributed by atoms with E-state index in [1.54, 1.807) is 18.2 Å². The third-order valence-electron chi connectivity index (χ3n) is 9.77. The van der Waals surface area contributed by atoms with Crippen molar-refractivity contribution in [2.45, 2.75) is 74.8 Å². The molecule has 9 nitrogen and oxygen atoms in total. The molecule has 1 atom stereocenters. The lowest BCUT2D eigenvalue weighted by Gasteiger charge is -2.48. The Balaban J connectivity index is 1.45. The van der Waals surface area contributed by atoms with E-state index >= 15 is 8.78 Å². The largest absolute Gasteiger partial charge is 0.497 e. The molecule has 3 aromatic rings. The maximum Gasteiger partial charge on any atom is 0.271 e. The number of halogens is 2. The third-order valence-corrected chi connectivity index (χ3v) is 11.6.